The molecule has 1 nitrogen and oxygen atoms in total. The summed E-state index contributed by atoms with van der Waals surface area (Å²) in [6, 6.07) is 3.09. The van der Waals surface area contributed by atoms with Gasteiger partial charge in [-0.05, 0) is 36.6 Å². The summed E-state index contributed by atoms with van der Waals surface area (Å²) < 4.78 is 19.3. The van der Waals surface area contributed by atoms with Crippen LogP contribution in [0.3, 0.4) is 0 Å². The summed E-state index contributed by atoms with van der Waals surface area (Å²) in [6.07, 6.45) is 0.870. The molecule has 0 aliphatic carbocycles. The van der Waals surface area contributed by atoms with Crippen molar-refractivity contribution in [3.8, 4) is 0 Å². The van der Waals surface area contributed by atoms with Crippen molar-refractivity contribution in [3.05, 3.63) is 33.5 Å². The molecule has 0 bridgehead atoms. The molecule has 0 N–H and O–H groups in total. The molecule has 1 atom stereocenters. The Balaban J connectivity index is 2.56. The van der Waals surface area contributed by atoms with E-state index in [4.69, 9.17) is 4.74 Å². The van der Waals surface area contributed by atoms with Crippen molar-refractivity contribution in [2.75, 3.05) is 6.61 Å². The third-order valence-electron chi connectivity index (χ3n) is 2.33. The van der Waals surface area contributed by atoms with E-state index in [1.54, 1.807) is 6.07 Å². The maximum absolute atomic E-state index is 13.0. The SMILES string of the molecule is CC1OCCc2cc(F)cc(Br)c21. The third-order valence-corrected chi connectivity index (χ3v) is 2.98. The Hall–Kier alpha value is -0.410. The number of rotatable bonds is 0. The molecule has 1 heterocycles. The molecule has 0 radical (unpaired) electrons. The molecule has 70 valence electrons. The topological polar surface area (TPSA) is 9.23 Å². The maximum Gasteiger partial charge on any atom is 0.124 e. The van der Waals surface area contributed by atoms with Gasteiger partial charge in [0.1, 0.15) is 5.82 Å². The molecule has 0 amide bonds. The zero-order chi connectivity index (χ0) is 9.42. The van der Waals surface area contributed by atoms with Gasteiger partial charge in [-0.3, -0.25) is 0 Å². The lowest BCUT2D eigenvalue weighted by Crippen LogP contribution is -2.14. The summed E-state index contributed by atoms with van der Waals surface area (Å²) in [7, 11) is 0. The first-order valence-electron chi connectivity index (χ1n) is 4.28. The van der Waals surface area contributed by atoms with E-state index < -0.39 is 0 Å². The Kier molecular flexibility index (Phi) is 2.39. The number of halogens is 2. The summed E-state index contributed by atoms with van der Waals surface area (Å²) in [5.41, 5.74) is 2.15. The molecule has 3 heteroatoms. The Morgan fingerprint density at radius 2 is 2.31 bits per heavy atom. The zero-order valence-corrected chi connectivity index (χ0v) is 8.90. The van der Waals surface area contributed by atoms with Crippen LogP contribution in [0.25, 0.3) is 0 Å². The van der Waals surface area contributed by atoms with E-state index in [-0.39, 0.29) is 11.9 Å². The van der Waals surface area contributed by atoms with E-state index in [2.05, 4.69) is 15.9 Å². The molecular weight excluding hydrogens is 235 g/mol. The number of benzene rings is 1. The fourth-order valence-corrected chi connectivity index (χ4v) is 2.52. The van der Waals surface area contributed by atoms with E-state index in [9.17, 15) is 4.39 Å². The molecule has 13 heavy (non-hydrogen) atoms. The van der Waals surface area contributed by atoms with Crippen LogP contribution in [0.4, 0.5) is 4.39 Å². The predicted octanol–water partition coefficient (Wildman–Crippen LogP) is 3.22. The summed E-state index contributed by atoms with van der Waals surface area (Å²) >= 11 is 3.35. The predicted molar refractivity (Wildman–Crippen MR) is 52.2 cm³/mol. The van der Waals surface area contributed by atoms with Crippen LogP contribution in [0.1, 0.15) is 24.2 Å². The van der Waals surface area contributed by atoms with E-state index in [0.29, 0.717) is 6.61 Å². The lowest BCUT2D eigenvalue weighted by molar-refractivity contribution is 0.0548. The monoisotopic (exact) mass is 244 g/mol. The second-order valence-corrected chi connectivity index (χ2v) is 4.08. The van der Waals surface area contributed by atoms with Crippen LogP contribution in [-0.4, -0.2) is 6.61 Å². The quantitative estimate of drug-likeness (QED) is 0.681. The highest BCUT2D eigenvalue weighted by atomic mass is 79.9. The van der Waals surface area contributed by atoms with Gasteiger partial charge in [-0.2, -0.15) is 0 Å². The fourth-order valence-electron chi connectivity index (χ4n) is 1.73. The normalized spacial score (nSPS) is 21.3. The summed E-state index contributed by atoms with van der Waals surface area (Å²) in [5.74, 6) is -0.181. The molecule has 0 aromatic heterocycles. The van der Waals surface area contributed by atoms with E-state index in [1.807, 2.05) is 6.92 Å². The standard InChI is InChI=1S/C10H10BrFO/c1-6-10-7(2-3-13-6)4-8(12)5-9(10)11/h4-6H,2-3H2,1H3. The summed E-state index contributed by atoms with van der Waals surface area (Å²) in [6.45, 7) is 2.67. The first-order chi connectivity index (χ1) is 6.18. The molecule has 0 fully saturated rings. The van der Waals surface area contributed by atoms with E-state index in [0.717, 1.165) is 22.0 Å². The molecule has 1 aromatic carbocycles. The van der Waals surface area contributed by atoms with Gasteiger partial charge in [-0.1, -0.05) is 15.9 Å². The molecule has 0 saturated heterocycles. The number of hydrogen-bond donors (Lipinski definition) is 0. The van der Waals surface area contributed by atoms with Gasteiger partial charge in [0.25, 0.3) is 0 Å². The smallest absolute Gasteiger partial charge is 0.124 e. The summed E-state index contributed by atoms with van der Waals surface area (Å²) in [5, 5.41) is 0. The molecular formula is C10H10BrFO. The minimum absolute atomic E-state index is 0.0683. The van der Waals surface area contributed by atoms with Gasteiger partial charge in [0.2, 0.25) is 0 Å². The van der Waals surface area contributed by atoms with Crippen LogP contribution in [-0.2, 0) is 11.2 Å². The molecule has 1 aromatic rings. The van der Waals surface area contributed by atoms with Crippen LogP contribution in [0.2, 0.25) is 0 Å². The van der Waals surface area contributed by atoms with Gasteiger partial charge in [0.15, 0.2) is 0 Å². The van der Waals surface area contributed by atoms with Crippen LogP contribution in [0, 0.1) is 5.82 Å². The van der Waals surface area contributed by atoms with Crippen LogP contribution in [0.5, 0.6) is 0 Å². The minimum Gasteiger partial charge on any atom is -0.373 e. The lowest BCUT2D eigenvalue weighted by Gasteiger charge is -2.24. The highest BCUT2D eigenvalue weighted by Gasteiger charge is 2.20. The Morgan fingerprint density at radius 1 is 1.54 bits per heavy atom. The van der Waals surface area contributed by atoms with Gasteiger partial charge in [0, 0.05) is 4.47 Å². The molecule has 0 spiro atoms. The minimum atomic E-state index is -0.181. The Morgan fingerprint density at radius 3 is 3.08 bits per heavy atom. The Bertz CT molecular complexity index is 338. The van der Waals surface area contributed by atoms with Crippen molar-refractivity contribution in [3.63, 3.8) is 0 Å². The van der Waals surface area contributed by atoms with E-state index in [1.165, 1.54) is 6.07 Å². The van der Waals surface area contributed by atoms with Gasteiger partial charge >= 0.3 is 0 Å². The number of ether oxygens (including phenoxy) is 1. The van der Waals surface area contributed by atoms with Crippen molar-refractivity contribution in [2.24, 2.45) is 0 Å². The van der Waals surface area contributed by atoms with Crippen LogP contribution in [0.15, 0.2) is 16.6 Å². The van der Waals surface area contributed by atoms with Crippen LogP contribution < -0.4 is 0 Å². The number of hydrogen-bond acceptors (Lipinski definition) is 1. The largest absolute Gasteiger partial charge is 0.373 e. The highest BCUT2D eigenvalue weighted by molar-refractivity contribution is 9.10. The summed E-state index contributed by atoms with van der Waals surface area (Å²) in [4.78, 5) is 0. The zero-order valence-electron chi connectivity index (χ0n) is 7.31. The number of fused-ring (bicyclic) bond motifs is 1. The molecule has 1 aliphatic rings. The second kappa shape index (κ2) is 3.39. The first-order valence-corrected chi connectivity index (χ1v) is 5.07. The second-order valence-electron chi connectivity index (χ2n) is 3.22. The van der Waals surface area contributed by atoms with Crippen molar-refractivity contribution < 1.29 is 9.13 Å². The Labute approximate surface area is 85.0 Å². The average molecular weight is 245 g/mol. The van der Waals surface area contributed by atoms with Gasteiger partial charge in [-0.15, -0.1) is 0 Å². The van der Waals surface area contributed by atoms with Crippen molar-refractivity contribution in [2.45, 2.75) is 19.4 Å². The fraction of sp³-hybridized carbons (Fsp3) is 0.400. The highest BCUT2D eigenvalue weighted by Crippen LogP contribution is 2.33. The van der Waals surface area contributed by atoms with Gasteiger partial charge in [-0.25, -0.2) is 4.39 Å². The van der Waals surface area contributed by atoms with Crippen LogP contribution >= 0.6 is 15.9 Å². The lowest BCUT2D eigenvalue weighted by atomic mass is 9.98. The maximum atomic E-state index is 13.0. The van der Waals surface area contributed by atoms with E-state index >= 15 is 0 Å². The molecule has 0 saturated carbocycles. The first kappa shape index (κ1) is 9.16. The van der Waals surface area contributed by atoms with Crippen molar-refractivity contribution >= 4 is 15.9 Å². The molecule has 1 aliphatic heterocycles. The molecule has 2 rings (SSSR count). The van der Waals surface area contributed by atoms with Gasteiger partial charge < -0.3 is 4.74 Å². The van der Waals surface area contributed by atoms with Crippen molar-refractivity contribution in [1.29, 1.82) is 0 Å². The molecule has 1 unspecified atom stereocenters. The third kappa shape index (κ3) is 1.63. The van der Waals surface area contributed by atoms with Crippen molar-refractivity contribution in [1.82, 2.24) is 0 Å². The average Bonchev–Trinajstić information content (AvgIpc) is 2.02. The van der Waals surface area contributed by atoms with Gasteiger partial charge in [0.05, 0.1) is 12.7 Å².